The maximum absolute atomic E-state index is 10.3. The maximum atomic E-state index is 10.3. The highest BCUT2D eigenvalue weighted by atomic mass is 32.1. The van der Waals surface area contributed by atoms with Crippen molar-refractivity contribution < 1.29 is 5.11 Å². The Bertz CT molecular complexity index is 278. The van der Waals surface area contributed by atoms with Gasteiger partial charge in [-0.15, -0.1) is 11.3 Å². The smallest absolute Gasteiger partial charge is 0.0794 e. The second-order valence-corrected chi connectivity index (χ2v) is 5.14. The van der Waals surface area contributed by atoms with Crippen LogP contribution in [0.15, 0.2) is 11.7 Å². The fraction of sp³-hybridized carbons (Fsp3) is 0.700. The molecule has 1 saturated heterocycles. The van der Waals surface area contributed by atoms with Gasteiger partial charge in [-0.3, -0.25) is 4.98 Å². The second-order valence-electron chi connectivity index (χ2n) is 4.17. The summed E-state index contributed by atoms with van der Waals surface area (Å²) in [6.45, 7) is 1.99. The molecule has 3 nitrogen and oxygen atoms in total. The first kappa shape index (κ1) is 10.1. The molecule has 2 rings (SSSR count). The minimum absolute atomic E-state index is 0.487. The van der Waals surface area contributed by atoms with E-state index in [1.54, 1.807) is 11.3 Å². The molecule has 1 aliphatic rings. The van der Waals surface area contributed by atoms with Crippen LogP contribution in [-0.4, -0.2) is 40.7 Å². The van der Waals surface area contributed by atoms with Crippen LogP contribution in [0.3, 0.4) is 0 Å². The lowest BCUT2D eigenvalue weighted by Gasteiger charge is -2.36. The molecule has 1 aliphatic heterocycles. The molecule has 1 fully saturated rings. The summed E-state index contributed by atoms with van der Waals surface area (Å²) in [5.74, 6) is 0. The van der Waals surface area contributed by atoms with Gasteiger partial charge in [0.05, 0.1) is 11.1 Å². The molecule has 0 saturated carbocycles. The topological polar surface area (TPSA) is 36.4 Å². The Morgan fingerprint density at radius 2 is 2.29 bits per heavy atom. The quantitative estimate of drug-likeness (QED) is 0.798. The minimum Gasteiger partial charge on any atom is -0.389 e. The highest BCUT2D eigenvalue weighted by Gasteiger charge is 2.31. The van der Waals surface area contributed by atoms with E-state index in [9.17, 15) is 5.11 Å². The predicted molar refractivity (Wildman–Crippen MR) is 57.5 cm³/mol. The van der Waals surface area contributed by atoms with Crippen LogP contribution in [0.2, 0.25) is 0 Å². The fourth-order valence-corrected chi connectivity index (χ4v) is 2.60. The number of thiazole rings is 1. The third-order valence-corrected chi connectivity index (χ3v) is 3.68. The monoisotopic (exact) mass is 212 g/mol. The zero-order valence-electron chi connectivity index (χ0n) is 8.44. The summed E-state index contributed by atoms with van der Waals surface area (Å²) in [5.41, 5.74) is 1.34. The van der Waals surface area contributed by atoms with Gasteiger partial charge in [0, 0.05) is 30.6 Å². The normalized spacial score (nSPS) is 22.4. The highest BCUT2D eigenvalue weighted by Crippen LogP contribution is 2.26. The van der Waals surface area contributed by atoms with E-state index >= 15 is 0 Å². The van der Waals surface area contributed by atoms with Crippen molar-refractivity contribution >= 4 is 11.3 Å². The Morgan fingerprint density at radius 1 is 1.57 bits per heavy atom. The molecule has 0 aliphatic carbocycles. The Morgan fingerprint density at radius 3 is 2.86 bits per heavy atom. The van der Waals surface area contributed by atoms with Crippen LogP contribution in [0, 0.1) is 0 Å². The van der Waals surface area contributed by atoms with Gasteiger partial charge in [-0.1, -0.05) is 0 Å². The average molecular weight is 212 g/mol. The number of aromatic nitrogens is 1. The van der Waals surface area contributed by atoms with Crippen molar-refractivity contribution in [3.05, 3.63) is 16.6 Å². The van der Waals surface area contributed by atoms with E-state index in [1.807, 2.05) is 11.7 Å². The van der Waals surface area contributed by atoms with E-state index in [1.165, 1.54) is 4.88 Å². The summed E-state index contributed by atoms with van der Waals surface area (Å²) in [6.07, 6.45) is 4.38. The number of likely N-dealkylation sites (tertiary alicyclic amines) is 1. The molecule has 78 valence electrons. The molecular formula is C10H16N2OS. The third kappa shape index (κ3) is 2.32. The van der Waals surface area contributed by atoms with E-state index in [0.717, 1.165) is 32.4 Å². The average Bonchev–Trinajstić information content (AvgIpc) is 2.63. The van der Waals surface area contributed by atoms with Crippen molar-refractivity contribution in [2.45, 2.75) is 24.9 Å². The Kier molecular flexibility index (Phi) is 2.85. The largest absolute Gasteiger partial charge is 0.389 e. The molecular weight excluding hydrogens is 196 g/mol. The second kappa shape index (κ2) is 3.96. The number of nitrogens with zero attached hydrogens (tertiary/aromatic N) is 2. The van der Waals surface area contributed by atoms with E-state index in [0.29, 0.717) is 0 Å². The van der Waals surface area contributed by atoms with Crippen LogP contribution in [0.4, 0.5) is 0 Å². The molecule has 0 aromatic carbocycles. The first-order valence-corrected chi connectivity index (χ1v) is 5.84. The first-order chi connectivity index (χ1) is 6.68. The number of rotatable bonds is 2. The number of aliphatic hydroxyl groups is 1. The van der Waals surface area contributed by atoms with Crippen LogP contribution in [0.5, 0.6) is 0 Å². The van der Waals surface area contributed by atoms with Crippen molar-refractivity contribution in [2.75, 3.05) is 20.1 Å². The number of hydrogen-bond acceptors (Lipinski definition) is 4. The van der Waals surface area contributed by atoms with E-state index < -0.39 is 5.60 Å². The fourth-order valence-electron chi connectivity index (χ4n) is 1.87. The van der Waals surface area contributed by atoms with Gasteiger partial charge >= 0.3 is 0 Å². The summed E-state index contributed by atoms with van der Waals surface area (Å²) >= 11 is 1.63. The molecule has 0 bridgehead atoms. The molecule has 0 radical (unpaired) electrons. The van der Waals surface area contributed by atoms with E-state index in [2.05, 4.69) is 16.9 Å². The molecule has 0 atom stereocenters. The van der Waals surface area contributed by atoms with Crippen LogP contribution in [0.1, 0.15) is 17.7 Å². The molecule has 4 heteroatoms. The Balaban J connectivity index is 1.96. The van der Waals surface area contributed by atoms with Gasteiger partial charge in [0.2, 0.25) is 0 Å². The lowest BCUT2D eigenvalue weighted by atomic mass is 9.88. The number of hydrogen-bond donors (Lipinski definition) is 1. The summed E-state index contributed by atoms with van der Waals surface area (Å²) in [6, 6.07) is 0. The molecule has 14 heavy (non-hydrogen) atoms. The molecule has 1 aromatic heterocycles. The molecule has 2 heterocycles. The Hall–Kier alpha value is -0.450. The van der Waals surface area contributed by atoms with Crippen molar-refractivity contribution in [3.63, 3.8) is 0 Å². The van der Waals surface area contributed by atoms with Crippen LogP contribution in [0.25, 0.3) is 0 Å². The molecule has 1 N–H and O–H groups in total. The Labute approximate surface area is 88.4 Å². The lowest BCUT2D eigenvalue weighted by Crippen LogP contribution is -2.44. The third-order valence-electron chi connectivity index (χ3n) is 2.90. The summed E-state index contributed by atoms with van der Waals surface area (Å²) < 4.78 is 0. The van der Waals surface area contributed by atoms with Gasteiger partial charge in [-0.05, 0) is 19.9 Å². The standard InChI is InChI=1S/C10H16N2OS/c1-12-4-2-10(13,3-5-12)6-9-7-11-8-14-9/h7-8,13H,2-6H2,1H3. The van der Waals surface area contributed by atoms with Crippen LogP contribution in [-0.2, 0) is 6.42 Å². The maximum Gasteiger partial charge on any atom is 0.0794 e. The van der Waals surface area contributed by atoms with E-state index in [4.69, 9.17) is 0 Å². The molecule has 0 spiro atoms. The first-order valence-electron chi connectivity index (χ1n) is 4.96. The van der Waals surface area contributed by atoms with Gasteiger partial charge in [0.15, 0.2) is 0 Å². The van der Waals surface area contributed by atoms with Gasteiger partial charge < -0.3 is 10.0 Å². The highest BCUT2D eigenvalue weighted by molar-refractivity contribution is 7.09. The van der Waals surface area contributed by atoms with Gasteiger partial charge in [0.1, 0.15) is 0 Å². The zero-order chi connectivity index (χ0) is 10.0. The van der Waals surface area contributed by atoms with Crippen molar-refractivity contribution in [2.24, 2.45) is 0 Å². The van der Waals surface area contributed by atoms with Crippen molar-refractivity contribution in [3.8, 4) is 0 Å². The minimum atomic E-state index is -0.487. The number of piperidine rings is 1. The van der Waals surface area contributed by atoms with Crippen LogP contribution >= 0.6 is 11.3 Å². The van der Waals surface area contributed by atoms with Gasteiger partial charge in [0.25, 0.3) is 0 Å². The van der Waals surface area contributed by atoms with Crippen molar-refractivity contribution in [1.29, 1.82) is 0 Å². The summed E-state index contributed by atoms with van der Waals surface area (Å²) in [7, 11) is 2.10. The predicted octanol–water partition coefficient (Wildman–Crippen LogP) is 1.14. The summed E-state index contributed by atoms with van der Waals surface area (Å²) in [5, 5.41) is 10.3. The van der Waals surface area contributed by atoms with Crippen LogP contribution < -0.4 is 0 Å². The van der Waals surface area contributed by atoms with E-state index in [-0.39, 0.29) is 0 Å². The van der Waals surface area contributed by atoms with Gasteiger partial charge in [-0.25, -0.2) is 0 Å². The molecule has 1 aromatic rings. The molecule has 0 unspecified atom stereocenters. The zero-order valence-corrected chi connectivity index (χ0v) is 9.26. The lowest BCUT2D eigenvalue weighted by molar-refractivity contribution is -0.0144. The van der Waals surface area contributed by atoms with Gasteiger partial charge in [-0.2, -0.15) is 0 Å². The molecule has 0 amide bonds. The summed E-state index contributed by atoms with van der Waals surface area (Å²) in [4.78, 5) is 7.49. The SMILES string of the molecule is CN1CCC(O)(Cc2cncs2)CC1. The van der Waals surface area contributed by atoms with Crippen molar-refractivity contribution in [1.82, 2.24) is 9.88 Å².